The third-order valence-electron chi connectivity index (χ3n) is 2.87. The van der Waals surface area contributed by atoms with E-state index in [4.69, 9.17) is 4.98 Å². The monoisotopic (exact) mass is 353 g/mol. The van der Waals surface area contributed by atoms with Gasteiger partial charge in [-0.3, -0.25) is 0 Å². The molecule has 1 nitrogen and oxygen atoms in total. The number of aryl methyl sites for hydroxylation is 1. The van der Waals surface area contributed by atoms with Crippen LogP contribution < -0.4 is 0 Å². The Hall–Kier alpha value is -0.710. The molecule has 0 saturated heterocycles. The molecule has 0 radical (unpaired) electrons. The molecule has 3 aromatic rings. The molecule has 0 aliphatic heterocycles. The molecule has 0 spiro atoms. The number of aromatic nitrogens is 1. The number of hydrogen-bond acceptors (Lipinski definition) is 3. The lowest BCUT2D eigenvalue weighted by molar-refractivity contribution is 1.41. The molecule has 0 fully saturated rings. The van der Waals surface area contributed by atoms with E-state index in [9.17, 15) is 0 Å². The second-order valence-electron chi connectivity index (χ2n) is 3.96. The molecule has 0 amide bonds. The Balaban J connectivity index is 0.000000637. The van der Waals surface area contributed by atoms with Gasteiger partial charge in [-0.05, 0) is 37.6 Å². The summed E-state index contributed by atoms with van der Waals surface area (Å²) in [5.41, 5.74) is 3.71. The van der Waals surface area contributed by atoms with Gasteiger partial charge in [0.25, 0.3) is 0 Å². The van der Waals surface area contributed by atoms with Crippen molar-refractivity contribution in [3.8, 4) is 10.6 Å². The smallest absolute Gasteiger partial charge is 0.125 e. The number of thiophene rings is 1. The Morgan fingerprint density at radius 2 is 1.89 bits per heavy atom. The normalized spacial score (nSPS) is 10.4. The summed E-state index contributed by atoms with van der Waals surface area (Å²) < 4.78 is 2.33. The Morgan fingerprint density at radius 3 is 2.53 bits per heavy atom. The molecule has 0 N–H and O–H groups in total. The molecule has 19 heavy (non-hydrogen) atoms. The number of halogens is 1. The van der Waals surface area contributed by atoms with Crippen molar-refractivity contribution in [1.82, 2.24) is 4.98 Å². The summed E-state index contributed by atoms with van der Waals surface area (Å²) in [6, 6.07) is 6.26. The lowest BCUT2D eigenvalue weighted by Crippen LogP contribution is -1.77. The first kappa shape index (κ1) is 14.7. The molecular formula is C15H16BrNS2. The van der Waals surface area contributed by atoms with Crippen molar-refractivity contribution in [3.63, 3.8) is 0 Å². The van der Waals surface area contributed by atoms with E-state index in [1.165, 1.54) is 20.7 Å². The van der Waals surface area contributed by atoms with E-state index in [2.05, 4.69) is 53.4 Å². The van der Waals surface area contributed by atoms with Crippen LogP contribution in [-0.4, -0.2) is 4.98 Å². The minimum atomic E-state index is 1.07. The summed E-state index contributed by atoms with van der Waals surface area (Å²) >= 11 is 7.04. The zero-order chi connectivity index (χ0) is 14.0. The molecule has 3 rings (SSSR count). The maximum atomic E-state index is 4.71. The zero-order valence-corrected chi connectivity index (χ0v) is 14.7. The molecule has 0 atom stereocenters. The summed E-state index contributed by atoms with van der Waals surface area (Å²) in [4.78, 5) is 6.09. The quantitative estimate of drug-likeness (QED) is 0.491. The first-order chi connectivity index (χ1) is 9.15. The molecule has 4 heteroatoms. The SMILES string of the molecule is CC.Cc1scc(-c2nc3cc(Br)ccc3s2)c1C. The van der Waals surface area contributed by atoms with Gasteiger partial charge in [0.1, 0.15) is 5.01 Å². The lowest BCUT2D eigenvalue weighted by atomic mass is 10.2. The molecule has 100 valence electrons. The van der Waals surface area contributed by atoms with Crippen LogP contribution in [0.4, 0.5) is 0 Å². The second kappa shape index (κ2) is 6.16. The van der Waals surface area contributed by atoms with Gasteiger partial charge in [0, 0.05) is 20.3 Å². The summed E-state index contributed by atoms with van der Waals surface area (Å²) in [6.07, 6.45) is 0. The van der Waals surface area contributed by atoms with Crippen LogP contribution in [0.3, 0.4) is 0 Å². The minimum Gasteiger partial charge on any atom is -0.236 e. The summed E-state index contributed by atoms with van der Waals surface area (Å²) in [5.74, 6) is 0. The van der Waals surface area contributed by atoms with E-state index >= 15 is 0 Å². The van der Waals surface area contributed by atoms with E-state index in [1.54, 1.807) is 22.7 Å². The average molecular weight is 354 g/mol. The molecule has 2 aromatic heterocycles. The first-order valence-electron chi connectivity index (χ1n) is 6.26. The number of fused-ring (bicyclic) bond motifs is 1. The topological polar surface area (TPSA) is 12.9 Å². The fraction of sp³-hybridized carbons (Fsp3) is 0.267. The highest BCUT2D eigenvalue weighted by molar-refractivity contribution is 9.10. The zero-order valence-electron chi connectivity index (χ0n) is 11.5. The standard InChI is InChI=1S/C13H10BrNS2.C2H6/c1-7-8(2)16-6-10(7)13-15-11-5-9(14)3-4-12(11)17-13;1-2/h3-6H,1-2H3;1-2H3. The molecule has 2 heterocycles. The van der Waals surface area contributed by atoms with Gasteiger partial charge in [0.2, 0.25) is 0 Å². The van der Waals surface area contributed by atoms with Crippen LogP contribution in [-0.2, 0) is 0 Å². The van der Waals surface area contributed by atoms with Crippen LogP contribution in [0.5, 0.6) is 0 Å². The van der Waals surface area contributed by atoms with Gasteiger partial charge >= 0.3 is 0 Å². The molecule has 1 aromatic carbocycles. The van der Waals surface area contributed by atoms with Gasteiger partial charge in [0.15, 0.2) is 0 Å². The third-order valence-corrected chi connectivity index (χ3v) is 5.44. The number of benzene rings is 1. The second-order valence-corrected chi connectivity index (χ2v) is 6.99. The molecule has 0 bridgehead atoms. The lowest BCUT2D eigenvalue weighted by Gasteiger charge is -1.93. The van der Waals surface area contributed by atoms with E-state index in [1.807, 2.05) is 13.8 Å². The van der Waals surface area contributed by atoms with E-state index < -0.39 is 0 Å². The van der Waals surface area contributed by atoms with Crippen molar-refractivity contribution in [2.75, 3.05) is 0 Å². The summed E-state index contributed by atoms with van der Waals surface area (Å²) in [6.45, 7) is 8.33. The molecule has 0 saturated carbocycles. The first-order valence-corrected chi connectivity index (χ1v) is 8.75. The Morgan fingerprint density at radius 1 is 1.16 bits per heavy atom. The average Bonchev–Trinajstić information content (AvgIpc) is 2.96. The number of nitrogens with zero attached hydrogens (tertiary/aromatic N) is 1. The maximum absolute atomic E-state index is 4.71. The Bertz CT molecular complexity index is 697. The van der Waals surface area contributed by atoms with E-state index in [0.29, 0.717) is 0 Å². The fourth-order valence-electron chi connectivity index (χ4n) is 1.74. The van der Waals surface area contributed by atoms with Crippen LogP contribution in [0, 0.1) is 13.8 Å². The highest BCUT2D eigenvalue weighted by atomic mass is 79.9. The third kappa shape index (κ3) is 2.91. The predicted octanol–water partition coefficient (Wildman–Crippen LogP) is 6.43. The molecular weight excluding hydrogens is 338 g/mol. The summed E-state index contributed by atoms with van der Waals surface area (Å²) in [7, 11) is 0. The van der Waals surface area contributed by atoms with Gasteiger partial charge in [0.05, 0.1) is 10.2 Å². The Labute approximate surface area is 130 Å². The highest BCUT2D eigenvalue weighted by Crippen LogP contribution is 2.36. The predicted molar refractivity (Wildman–Crippen MR) is 91.5 cm³/mol. The van der Waals surface area contributed by atoms with Crippen molar-refractivity contribution in [1.29, 1.82) is 0 Å². The largest absolute Gasteiger partial charge is 0.236 e. The minimum absolute atomic E-state index is 1.07. The number of rotatable bonds is 1. The van der Waals surface area contributed by atoms with Crippen molar-refractivity contribution < 1.29 is 0 Å². The van der Waals surface area contributed by atoms with Crippen molar-refractivity contribution >= 4 is 48.8 Å². The van der Waals surface area contributed by atoms with Crippen LogP contribution in [0.1, 0.15) is 24.3 Å². The molecule has 0 unspecified atom stereocenters. The fourth-order valence-corrected chi connectivity index (χ4v) is 4.05. The van der Waals surface area contributed by atoms with Gasteiger partial charge in [-0.15, -0.1) is 22.7 Å². The van der Waals surface area contributed by atoms with Gasteiger partial charge in [-0.1, -0.05) is 29.8 Å². The van der Waals surface area contributed by atoms with Gasteiger partial charge in [-0.2, -0.15) is 0 Å². The maximum Gasteiger partial charge on any atom is 0.125 e. The summed E-state index contributed by atoms with van der Waals surface area (Å²) in [5, 5.41) is 3.33. The Kier molecular flexibility index (Phi) is 4.76. The highest BCUT2D eigenvalue weighted by Gasteiger charge is 2.11. The van der Waals surface area contributed by atoms with Crippen molar-refractivity contribution in [2.45, 2.75) is 27.7 Å². The number of thiazole rings is 1. The van der Waals surface area contributed by atoms with Crippen molar-refractivity contribution in [2.24, 2.45) is 0 Å². The van der Waals surface area contributed by atoms with Crippen LogP contribution in [0.2, 0.25) is 0 Å². The van der Waals surface area contributed by atoms with Gasteiger partial charge < -0.3 is 0 Å². The van der Waals surface area contributed by atoms with Crippen LogP contribution >= 0.6 is 38.6 Å². The van der Waals surface area contributed by atoms with Crippen molar-refractivity contribution in [3.05, 3.63) is 38.5 Å². The number of hydrogen-bond donors (Lipinski definition) is 0. The van der Waals surface area contributed by atoms with E-state index in [-0.39, 0.29) is 0 Å². The van der Waals surface area contributed by atoms with Crippen LogP contribution in [0.15, 0.2) is 28.1 Å². The molecule has 0 aliphatic rings. The molecule has 0 aliphatic carbocycles. The van der Waals surface area contributed by atoms with Crippen LogP contribution in [0.25, 0.3) is 20.8 Å². The van der Waals surface area contributed by atoms with E-state index in [0.717, 1.165) is 15.0 Å². The van der Waals surface area contributed by atoms with Gasteiger partial charge in [-0.25, -0.2) is 4.98 Å².